The molecule has 0 unspecified atom stereocenters. The fourth-order valence-corrected chi connectivity index (χ4v) is 2.40. The molecule has 118 valence electrons. The van der Waals surface area contributed by atoms with Gasteiger partial charge >= 0.3 is 0 Å². The molecule has 0 radical (unpaired) electrons. The van der Waals surface area contributed by atoms with Gasteiger partial charge in [0.1, 0.15) is 12.4 Å². The highest BCUT2D eigenvalue weighted by Crippen LogP contribution is 2.19. The summed E-state index contributed by atoms with van der Waals surface area (Å²) in [4.78, 5) is 4.63. The molecule has 0 saturated carbocycles. The van der Waals surface area contributed by atoms with Crippen LogP contribution in [0.1, 0.15) is 38.8 Å². The Bertz CT molecular complexity index is 494. The predicted molar refractivity (Wildman–Crippen MR) is 88.8 cm³/mol. The number of rotatable bonds is 6. The highest BCUT2D eigenvalue weighted by atomic mass is 32.2. The minimum atomic E-state index is 0.187. The topological polar surface area (TPSA) is 67.1 Å². The number of aryl methyl sites for hydroxylation is 1. The van der Waals surface area contributed by atoms with Gasteiger partial charge in [-0.25, -0.2) is 4.99 Å². The van der Waals surface area contributed by atoms with Gasteiger partial charge in [0.15, 0.2) is 11.8 Å². The number of hydrogen-bond acceptors (Lipinski definition) is 4. The van der Waals surface area contributed by atoms with Crippen LogP contribution >= 0.6 is 11.8 Å². The molecule has 0 saturated heterocycles. The average molecular weight is 310 g/mol. The molecule has 6 nitrogen and oxygen atoms in total. The van der Waals surface area contributed by atoms with Crippen LogP contribution in [0.4, 0.5) is 0 Å². The van der Waals surface area contributed by atoms with Crippen molar-refractivity contribution < 1.29 is 0 Å². The van der Waals surface area contributed by atoms with Gasteiger partial charge in [0.2, 0.25) is 0 Å². The van der Waals surface area contributed by atoms with Crippen molar-refractivity contribution in [1.82, 2.24) is 25.4 Å². The molecule has 1 aromatic heterocycles. The number of aliphatic imine (C=N–C) groups is 1. The molecule has 7 heteroatoms. The lowest BCUT2D eigenvalue weighted by Gasteiger charge is -2.23. The lowest BCUT2D eigenvalue weighted by Crippen LogP contribution is -2.43. The first-order valence-corrected chi connectivity index (χ1v) is 8.76. The summed E-state index contributed by atoms with van der Waals surface area (Å²) in [5.41, 5.74) is 0. The van der Waals surface area contributed by atoms with Gasteiger partial charge in [0.25, 0.3) is 0 Å². The molecule has 0 amide bonds. The molecular weight excluding hydrogens is 284 g/mol. The van der Waals surface area contributed by atoms with Crippen LogP contribution in [-0.2, 0) is 19.5 Å². The van der Waals surface area contributed by atoms with Gasteiger partial charge in [0, 0.05) is 30.8 Å². The molecule has 2 N–H and O–H groups in total. The largest absolute Gasteiger partial charge is 0.357 e. The van der Waals surface area contributed by atoms with E-state index in [2.05, 4.69) is 57.4 Å². The molecule has 0 bridgehead atoms. The third kappa shape index (κ3) is 4.36. The van der Waals surface area contributed by atoms with Crippen LogP contribution in [0.15, 0.2) is 4.99 Å². The van der Waals surface area contributed by atoms with Crippen molar-refractivity contribution in [2.24, 2.45) is 4.99 Å². The Morgan fingerprint density at radius 2 is 2.19 bits per heavy atom. The second kappa shape index (κ2) is 7.15. The molecule has 1 aliphatic rings. The van der Waals surface area contributed by atoms with E-state index in [1.165, 1.54) is 6.42 Å². The summed E-state index contributed by atoms with van der Waals surface area (Å²) in [7, 11) is 0. The zero-order chi connectivity index (χ0) is 15.3. The quantitative estimate of drug-likeness (QED) is 0.614. The Kier molecular flexibility index (Phi) is 5.50. The lowest BCUT2D eigenvalue weighted by atomic mass is 10.2. The Morgan fingerprint density at radius 3 is 2.90 bits per heavy atom. The maximum atomic E-state index is 4.63. The van der Waals surface area contributed by atoms with Gasteiger partial charge in [-0.15, -0.1) is 10.2 Å². The van der Waals surface area contributed by atoms with E-state index in [9.17, 15) is 0 Å². The van der Waals surface area contributed by atoms with Crippen molar-refractivity contribution in [2.45, 2.75) is 51.4 Å². The second-order valence-electron chi connectivity index (χ2n) is 5.80. The highest BCUT2D eigenvalue weighted by molar-refractivity contribution is 7.99. The molecule has 0 spiro atoms. The molecule has 2 heterocycles. The molecule has 0 aromatic carbocycles. The van der Waals surface area contributed by atoms with Gasteiger partial charge < -0.3 is 15.2 Å². The van der Waals surface area contributed by atoms with E-state index >= 15 is 0 Å². The van der Waals surface area contributed by atoms with E-state index in [0.717, 1.165) is 43.7 Å². The van der Waals surface area contributed by atoms with Gasteiger partial charge in [-0.1, -0.05) is 0 Å². The molecular formula is C14H26N6S. The normalized spacial score (nSPS) is 15.1. The number of fused-ring (bicyclic) bond motifs is 1. The van der Waals surface area contributed by atoms with E-state index in [1.807, 2.05) is 11.8 Å². The standard InChI is InChI=1S/C14H26N6S/c1-5-15-13(17-10-14(2,3)21-4)16-9-12-19-18-11-7-6-8-20(11)12/h5-10H2,1-4H3,(H2,15,16,17). The van der Waals surface area contributed by atoms with E-state index in [1.54, 1.807) is 0 Å². The summed E-state index contributed by atoms with van der Waals surface area (Å²) in [6, 6.07) is 0. The number of guanidine groups is 1. The average Bonchev–Trinajstić information content (AvgIpc) is 3.06. The fraction of sp³-hybridized carbons (Fsp3) is 0.786. The minimum Gasteiger partial charge on any atom is -0.357 e. The van der Waals surface area contributed by atoms with Crippen molar-refractivity contribution >= 4 is 17.7 Å². The van der Waals surface area contributed by atoms with Crippen molar-refractivity contribution in [3.8, 4) is 0 Å². The number of thioether (sulfide) groups is 1. The zero-order valence-electron chi connectivity index (χ0n) is 13.4. The van der Waals surface area contributed by atoms with Crippen LogP contribution in [-0.4, -0.2) is 44.8 Å². The maximum absolute atomic E-state index is 4.63. The molecule has 21 heavy (non-hydrogen) atoms. The summed E-state index contributed by atoms with van der Waals surface area (Å²) >= 11 is 1.85. The van der Waals surface area contributed by atoms with E-state index in [0.29, 0.717) is 6.54 Å². The van der Waals surface area contributed by atoms with Crippen LogP contribution in [0.3, 0.4) is 0 Å². The predicted octanol–water partition coefficient (Wildman–Crippen LogP) is 1.42. The molecule has 1 aromatic rings. The smallest absolute Gasteiger partial charge is 0.191 e. The minimum absolute atomic E-state index is 0.187. The summed E-state index contributed by atoms with van der Waals surface area (Å²) < 4.78 is 2.38. The first-order chi connectivity index (χ1) is 10.1. The van der Waals surface area contributed by atoms with E-state index in [4.69, 9.17) is 0 Å². The first-order valence-electron chi connectivity index (χ1n) is 7.54. The van der Waals surface area contributed by atoms with Crippen LogP contribution < -0.4 is 10.6 Å². The Balaban J connectivity index is 1.97. The molecule has 0 aliphatic carbocycles. The van der Waals surface area contributed by atoms with Gasteiger partial charge in [0.05, 0.1) is 0 Å². The van der Waals surface area contributed by atoms with Gasteiger partial charge in [-0.2, -0.15) is 11.8 Å². The maximum Gasteiger partial charge on any atom is 0.191 e. The highest BCUT2D eigenvalue weighted by Gasteiger charge is 2.18. The third-order valence-electron chi connectivity index (χ3n) is 3.64. The SMILES string of the molecule is CCNC(=NCc1nnc2n1CCC2)NCC(C)(C)SC. The monoisotopic (exact) mass is 310 g/mol. The van der Waals surface area contributed by atoms with Crippen molar-refractivity contribution in [3.05, 3.63) is 11.6 Å². The van der Waals surface area contributed by atoms with E-state index in [-0.39, 0.29) is 4.75 Å². The zero-order valence-corrected chi connectivity index (χ0v) is 14.3. The Morgan fingerprint density at radius 1 is 1.38 bits per heavy atom. The summed E-state index contributed by atoms with van der Waals surface area (Å²) in [5, 5.41) is 15.1. The molecule has 0 fully saturated rings. The Labute approximate surface area is 131 Å². The second-order valence-corrected chi connectivity index (χ2v) is 7.31. The molecule has 2 rings (SSSR count). The number of nitrogens with zero attached hydrogens (tertiary/aromatic N) is 4. The number of hydrogen-bond donors (Lipinski definition) is 2. The molecule has 0 atom stereocenters. The van der Waals surface area contributed by atoms with Crippen molar-refractivity contribution in [1.29, 1.82) is 0 Å². The summed E-state index contributed by atoms with van der Waals surface area (Å²) in [6.45, 7) is 9.84. The van der Waals surface area contributed by atoms with Gasteiger partial charge in [-0.3, -0.25) is 0 Å². The first kappa shape index (κ1) is 16.1. The molecule has 1 aliphatic heterocycles. The van der Waals surface area contributed by atoms with Crippen LogP contribution in [0.2, 0.25) is 0 Å². The lowest BCUT2D eigenvalue weighted by molar-refractivity contribution is 0.658. The number of nitrogens with one attached hydrogen (secondary N) is 2. The van der Waals surface area contributed by atoms with Crippen LogP contribution in [0, 0.1) is 0 Å². The van der Waals surface area contributed by atoms with Crippen molar-refractivity contribution in [3.63, 3.8) is 0 Å². The third-order valence-corrected chi connectivity index (χ3v) is 4.89. The van der Waals surface area contributed by atoms with Crippen LogP contribution in [0.25, 0.3) is 0 Å². The fourth-order valence-electron chi connectivity index (χ4n) is 2.19. The summed E-state index contributed by atoms with van der Waals surface area (Å²) in [5.74, 6) is 2.90. The number of aromatic nitrogens is 3. The van der Waals surface area contributed by atoms with Gasteiger partial charge in [-0.05, 0) is 33.4 Å². The Hall–Kier alpha value is -1.24. The van der Waals surface area contributed by atoms with Crippen LogP contribution in [0.5, 0.6) is 0 Å². The van der Waals surface area contributed by atoms with E-state index < -0.39 is 0 Å². The summed E-state index contributed by atoms with van der Waals surface area (Å²) in [6.07, 6.45) is 4.34. The van der Waals surface area contributed by atoms with Crippen molar-refractivity contribution in [2.75, 3.05) is 19.3 Å².